The second-order valence-corrected chi connectivity index (χ2v) is 5.82. The number of likely N-dealkylation sites (N-methyl/N-ethyl adjacent to an activating group) is 1. The van der Waals surface area contributed by atoms with Gasteiger partial charge in [0, 0.05) is 44.8 Å². The molecule has 1 saturated carbocycles. The molecular weight excluding hydrogens is 210 g/mol. The molecule has 0 bridgehead atoms. The Hall–Kier alpha value is -0.120. The van der Waals surface area contributed by atoms with Crippen LogP contribution in [-0.4, -0.2) is 61.7 Å². The van der Waals surface area contributed by atoms with Crippen molar-refractivity contribution in [3.05, 3.63) is 0 Å². The molecule has 0 amide bonds. The maximum atomic E-state index is 3.45. The van der Waals surface area contributed by atoms with Gasteiger partial charge in [0.05, 0.1) is 0 Å². The van der Waals surface area contributed by atoms with E-state index in [1.54, 1.807) is 0 Å². The summed E-state index contributed by atoms with van der Waals surface area (Å²) in [5.41, 5.74) is 0. The minimum Gasteiger partial charge on any atom is -0.315 e. The van der Waals surface area contributed by atoms with Crippen LogP contribution in [0.1, 0.15) is 33.1 Å². The zero-order chi connectivity index (χ0) is 12.3. The minimum atomic E-state index is 0.644. The van der Waals surface area contributed by atoms with Gasteiger partial charge in [-0.15, -0.1) is 0 Å². The van der Waals surface area contributed by atoms with Gasteiger partial charge < -0.3 is 10.2 Å². The summed E-state index contributed by atoms with van der Waals surface area (Å²) in [5.74, 6) is 1.04. The number of piperazine rings is 1. The van der Waals surface area contributed by atoms with E-state index in [4.69, 9.17) is 0 Å². The van der Waals surface area contributed by atoms with Crippen molar-refractivity contribution >= 4 is 0 Å². The molecule has 1 aliphatic heterocycles. The lowest BCUT2D eigenvalue weighted by molar-refractivity contribution is 0.0838. The highest BCUT2D eigenvalue weighted by Gasteiger charge is 2.28. The van der Waals surface area contributed by atoms with E-state index in [0.29, 0.717) is 12.1 Å². The third-order valence-corrected chi connectivity index (χ3v) is 4.59. The molecule has 100 valence electrons. The van der Waals surface area contributed by atoms with Crippen LogP contribution in [0.15, 0.2) is 0 Å². The van der Waals surface area contributed by atoms with Crippen LogP contribution in [0.4, 0.5) is 0 Å². The van der Waals surface area contributed by atoms with Crippen LogP contribution < -0.4 is 5.32 Å². The fraction of sp³-hybridized carbons (Fsp3) is 1.00. The minimum absolute atomic E-state index is 0.644. The molecule has 1 N–H and O–H groups in total. The highest BCUT2D eigenvalue weighted by Crippen LogP contribution is 2.30. The van der Waals surface area contributed by atoms with E-state index in [9.17, 15) is 0 Å². The Morgan fingerprint density at radius 2 is 1.82 bits per heavy atom. The molecule has 3 nitrogen and oxygen atoms in total. The average Bonchev–Trinajstić information content (AvgIpc) is 3.15. The third-order valence-electron chi connectivity index (χ3n) is 4.59. The predicted octanol–water partition coefficient (Wildman–Crippen LogP) is 1.40. The van der Waals surface area contributed by atoms with Gasteiger partial charge in [-0.05, 0) is 39.2 Å². The van der Waals surface area contributed by atoms with Crippen molar-refractivity contribution in [1.29, 1.82) is 0 Å². The van der Waals surface area contributed by atoms with Crippen molar-refractivity contribution in [2.75, 3.05) is 39.8 Å². The van der Waals surface area contributed by atoms with Crippen molar-refractivity contribution < 1.29 is 0 Å². The van der Waals surface area contributed by atoms with Crippen LogP contribution >= 0.6 is 0 Å². The molecule has 17 heavy (non-hydrogen) atoms. The van der Waals surface area contributed by atoms with Crippen LogP contribution in [0, 0.1) is 5.92 Å². The van der Waals surface area contributed by atoms with Crippen LogP contribution in [0.5, 0.6) is 0 Å². The SMILES string of the molecule is CCC(NC)C(C)N1CCN(CC2CC2)CC1. The first-order valence-corrected chi connectivity index (χ1v) is 7.38. The first kappa shape index (κ1) is 13.3. The maximum absolute atomic E-state index is 3.45. The lowest BCUT2D eigenvalue weighted by Gasteiger charge is -2.40. The smallest absolute Gasteiger partial charge is 0.0221 e. The summed E-state index contributed by atoms with van der Waals surface area (Å²) in [6.45, 7) is 11.1. The van der Waals surface area contributed by atoms with Crippen molar-refractivity contribution in [3.8, 4) is 0 Å². The van der Waals surface area contributed by atoms with E-state index in [-0.39, 0.29) is 0 Å². The molecule has 2 atom stereocenters. The summed E-state index contributed by atoms with van der Waals surface area (Å²) >= 11 is 0. The second kappa shape index (κ2) is 6.17. The van der Waals surface area contributed by atoms with E-state index < -0.39 is 0 Å². The Morgan fingerprint density at radius 1 is 1.18 bits per heavy atom. The quantitative estimate of drug-likeness (QED) is 0.756. The van der Waals surface area contributed by atoms with E-state index in [1.807, 2.05) is 0 Å². The highest BCUT2D eigenvalue weighted by atomic mass is 15.3. The van der Waals surface area contributed by atoms with Crippen LogP contribution in [0.3, 0.4) is 0 Å². The molecule has 0 radical (unpaired) electrons. The molecular formula is C14H29N3. The van der Waals surface area contributed by atoms with Gasteiger partial charge in [-0.25, -0.2) is 0 Å². The first-order valence-electron chi connectivity index (χ1n) is 7.38. The van der Waals surface area contributed by atoms with Crippen molar-refractivity contribution in [2.45, 2.75) is 45.2 Å². The standard InChI is InChI=1S/C14H29N3/c1-4-14(15-3)12(2)17-9-7-16(8-10-17)11-13-5-6-13/h12-15H,4-11H2,1-3H3. The molecule has 1 aliphatic carbocycles. The fourth-order valence-corrected chi connectivity index (χ4v) is 3.06. The van der Waals surface area contributed by atoms with E-state index >= 15 is 0 Å². The Bertz CT molecular complexity index is 216. The maximum Gasteiger partial charge on any atom is 0.0221 e. The van der Waals surface area contributed by atoms with Crippen molar-refractivity contribution in [1.82, 2.24) is 15.1 Å². The Labute approximate surface area is 107 Å². The third kappa shape index (κ3) is 3.67. The number of nitrogens with zero attached hydrogens (tertiary/aromatic N) is 2. The van der Waals surface area contributed by atoms with E-state index in [0.717, 1.165) is 5.92 Å². The fourth-order valence-electron chi connectivity index (χ4n) is 3.06. The molecule has 0 aromatic rings. The van der Waals surface area contributed by atoms with Gasteiger partial charge in [0.15, 0.2) is 0 Å². The Kier molecular flexibility index (Phi) is 4.83. The van der Waals surface area contributed by atoms with Crippen LogP contribution in [0.25, 0.3) is 0 Å². The lowest BCUT2D eigenvalue weighted by Crippen LogP contribution is -2.55. The largest absolute Gasteiger partial charge is 0.315 e. The molecule has 2 unspecified atom stereocenters. The van der Waals surface area contributed by atoms with Gasteiger partial charge >= 0.3 is 0 Å². The first-order chi connectivity index (χ1) is 8.24. The molecule has 1 saturated heterocycles. The Morgan fingerprint density at radius 3 is 2.29 bits per heavy atom. The average molecular weight is 239 g/mol. The topological polar surface area (TPSA) is 18.5 Å². The summed E-state index contributed by atoms with van der Waals surface area (Å²) in [7, 11) is 2.09. The summed E-state index contributed by atoms with van der Waals surface area (Å²) in [6.07, 6.45) is 4.18. The number of hydrogen-bond donors (Lipinski definition) is 1. The zero-order valence-electron chi connectivity index (χ0n) is 11.8. The van der Waals surface area contributed by atoms with Gasteiger partial charge in [-0.3, -0.25) is 4.90 Å². The second-order valence-electron chi connectivity index (χ2n) is 5.82. The molecule has 2 fully saturated rings. The molecule has 1 heterocycles. The van der Waals surface area contributed by atoms with Gasteiger partial charge in [-0.1, -0.05) is 6.92 Å². The summed E-state index contributed by atoms with van der Waals surface area (Å²) in [5, 5.41) is 3.45. The lowest BCUT2D eigenvalue weighted by atomic mass is 10.1. The van der Waals surface area contributed by atoms with E-state index in [1.165, 1.54) is 52.0 Å². The normalized spacial score (nSPS) is 27.0. The summed E-state index contributed by atoms with van der Waals surface area (Å²) in [6, 6.07) is 1.32. The number of nitrogens with one attached hydrogen (secondary N) is 1. The zero-order valence-corrected chi connectivity index (χ0v) is 11.8. The van der Waals surface area contributed by atoms with Gasteiger partial charge in [0.25, 0.3) is 0 Å². The molecule has 2 rings (SSSR count). The van der Waals surface area contributed by atoms with Gasteiger partial charge in [0.2, 0.25) is 0 Å². The van der Waals surface area contributed by atoms with Crippen LogP contribution in [0.2, 0.25) is 0 Å². The van der Waals surface area contributed by atoms with Crippen molar-refractivity contribution in [3.63, 3.8) is 0 Å². The monoisotopic (exact) mass is 239 g/mol. The Balaban J connectivity index is 1.73. The molecule has 3 heteroatoms. The molecule has 0 spiro atoms. The van der Waals surface area contributed by atoms with Crippen molar-refractivity contribution in [2.24, 2.45) is 5.92 Å². The van der Waals surface area contributed by atoms with E-state index in [2.05, 4.69) is 36.0 Å². The number of rotatable bonds is 6. The molecule has 0 aromatic carbocycles. The van der Waals surface area contributed by atoms with Gasteiger partial charge in [-0.2, -0.15) is 0 Å². The summed E-state index contributed by atoms with van der Waals surface area (Å²) in [4.78, 5) is 5.33. The summed E-state index contributed by atoms with van der Waals surface area (Å²) < 4.78 is 0. The predicted molar refractivity (Wildman–Crippen MR) is 73.3 cm³/mol. The highest BCUT2D eigenvalue weighted by molar-refractivity contribution is 4.85. The number of hydrogen-bond acceptors (Lipinski definition) is 3. The van der Waals surface area contributed by atoms with Gasteiger partial charge in [0.1, 0.15) is 0 Å². The molecule has 2 aliphatic rings. The van der Waals surface area contributed by atoms with Crippen LogP contribution in [-0.2, 0) is 0 Å². The molecule has 0 aromatic heterocycles.